The highest BCUT2D eigenvalue weighted by Gasteiger charge is 2.11. The van der Waals surface area contributed by atoms with Crippen LogP contribution in [0, 0.1) is 0 Å². The maximum absolute atomic E-state index is 11.1. The number of carbonyl (C=O) groups excluding carboxylic acids is 2. The predicted octanol–water partition coefficient (Wildman–Crippen LogP) is 2.11. The normalized spacial score (nSPS) is 11.1. The maximum Gasteiger partial charge on any atom is 0.373 e. The number of rotatable bonds is 8. The number of hydrogen-bond donors (Lipinski definition) is 1. The molecular formula is C12H20O5. The molecule has 5 nitrogen and oxygen atoms in total. The van der Waals surface area contributed by atoms with Crippen molar-refractivity contribution in [2.75, 3.05) is 13.2 Å². The van der Waals surface area contributed by atoms with Gasteiger partial charge in [-0.25, -0.2) is 9.59 Å². The van der Waals surface area contributed by atoms with Crippen LogP contribution < -0.4 is 0 Å². The summed E-state index contributed by atoms with van der Waals surface area (Å²) in [4.78, 5) is 22.2. The summed E-state index contributed by atoms with van der Waals surface area (Å²) in [5, 5.41) is 9.23. The minimum absolute atomic E-state index is 0.234. The second-order valence-corrected chi connectivity index (χ2v) is 3.54. The molecule has 0 aliphatic carbocycles. The van der Waals surface area contributed by atoms with Crippen molar-refractivity contribution < 1.29 is 24.2 Å². The van der Waals surface area contributed by atoms with Gasteiger partial charge in [0.05, 0.1) is 19.3 Å². The lowest BCUT2D eigenvalue weighted by Crippen LogP contribution is -2.11. The lowest BCUT2D eigenvalue weighted by molar-refractivity contribution is -0.144. The zero-order valence-electron chi connectivity index (χ0n) is 10.4. The van der Waals surface area contributed by atoms with E-state index in [1.54, 1.807) is 0 Å². The van der Waals surface area contributed by atoms with Gasteiger partial charge in [0.2, 0.25) is 5.76 Å². The highest BCUT2D eigenvalue weighted by atomic mass is 16.5. The summed E-state index contributed by atoms with van der Waals surface area (Å²) >= 11 is 0. The fourth-order valence-electron chi connectivity index (χ4n) is 0.912. The predicted molar refractivity (Wildman–Crippen MR) is 62.4 cm³/mol. The van der Waals surface area contributed by atoms with Crippen LogP contribution in [0.1, 0.15) is 39.5 Å². The molecule has 0 aromatic rings. The summed E-state index contributed by atoms with van der Waals surface area (Å²) in [6, 6.07) is 0. The van der Waals surface area contributed by atoms with Crippen LogP contribution >= 0.6 is 0 Å². The minimum atomic E-state index is -0.897. The monoisotopic (exact) mass is 244 g/mol. The fraction of sp³-hybridized carbons (Fsp3) is 0.667. The summed E-state index contributed by atoms with van der Waals surface area (Å²) in [7, 11) is 0. The van der Waals surface area contributed by atoms with E-state index >= 15 is 0 Å². The molecule has 0 amide bonds. The quantitative estimate of drug-likeness (QED) is 0.306. The SMILES string of the molecule is CCCCOC(=O)C=C(O)C(=O)OCCCC. The molecule has 0 fully saturated rings. The van der Waals surface area contributed by atoms with Crippen LogP contribution in [0.5, 0.6) is 0 Å². The van der Waals surface area contributed by atoms with Crippen LogP contribution in [0.3, 0.4) is 0 Å². The molecule has 0 unspecified atom stereocenters. The fourth-order valence-corrected chi connectivity index (χ4v) is 0.912. The number of aliphatic hydroxyl groups excluding tert-OH is 1. The van der Waals surface area contributed by atoms with E-state index in [-0.39, 0.29) is 13.2 Å². The van der Waals surface area contributed by atoms with Crippen LogP contribution in [-0.2, 0) is 19.1 Å². The van der Waals surface area contributed by atoms with Crippen molar-refractivity contribution in [3.05, 3.63) is 11.8 Å². The van der Waals surface area contributed by atoms with Crippen molar-refractivity contribution >= 4 is 11.9 Å². The Balaban J connectivity index is 3.96. The Morgan fingerprint density at radius 3 is 2.12 bits per heavy atom. The van der Waals surface area contributed by atoms with Gasteiger partial charge in [0.15, 0.2) is 0 Å². The first kappa shape index (κ1) is 15.5. The molecule has 0 rings (SSSR count). The highest BCUT2D eigenvalue weighted by molar-refractivity contribution is 5.94. The number of aliphatic hydroxyl groups is 1. The molecule has 0 saturated heterocycles. The van der Waals surface area contributed by atoms with Crippen LogP contribution in [-0.4, -0.2) is 30.3 Å². The van der Waals surface area contributed by atoms with Gasteiger partial charge in [0, 0.05) is 0 Å². The van der Waals surface area contributed by atoms with Gasteiger partial charge in [0.25, 0.3) is 0 Å². The average molecular weight is 244 g/mol. The van der Waals surface area contributed by atoms with Crippen LogP contribution in [0.4, 0.5) is 0 Å². The van der Waals surface area contributed by atoms with Crippen molar-refractivity contribution in [3.8, 4) is 0 Å². The van der Waals surface area contributed by atoms with E-state index in [0.717, 1.165) is 31.8 Å². The molecule has 0 aliphatic rings. The van der Waals surface area contributed by atoms with Gasteiger partial charge in [-0.15, -0.1) is 0 Å². The number of hydrogen-bond acceptors (Lipinski definition) is 5. The molecule has 1 N–H and O–H groups in total. The van der Waals surface area contributed by atoms with E-state index in [0.29, 0.717) is 0 Å². The Hall–Kier alpha value is -1.52. The van der Waals surface area contributed by atoms with E-state index in [2.05, 4.69) is 0 Å². The molecule has 0 aromatic carbocycles. The third-order valence-corrected chi connectivity index (χ3v) is 1.94. The van der Waals surface area contributed by atoms with Gasteiger partial charge in [-0.2, -0.15) is 0 Å². The first-order chi connectivity index (χ1) is 8.11. The van der Waals surface area contributed by atoms with E-state index in [4.69, 9.17) is 9.47 Å². The Kier molecular flexibility index (Phi) is 8.82. The molecule has 0 heterocycles. The van der Waals surface area contributed by atoms with Crippen molar-refractivity contribution in [1.82, 2.24) is 0 Å². The van der Waals surface area contributed by atoms with E-state index in [1.165, 1.54) is 0 Å². The lowest BCUT2D eigenvalue weighted by atomic mass is 10.3. The van der Waals surface area contributed by atoms with Crippen molar-refractivity contribution in [3.63, 3.8) is 0 Å². The molecule has 0 radical (unpaired) electrons. The molecule has 17 heavy (non-hydrogen) atoms. The minimum Gasteiger partial charge on any atom is -0.502 e. The Morgan fingerprint density at radius 1 is 1.06 bits per heavy atom. The summed E-state index contributed by atoms with van der Waals surface area (Å²) in [5.74, 6) is -2.35. The van der Waals surface area contributed by atoms with E-state index in [1.807, 2.05) is 13.8 Å². The average Bonchev–Trinajstić information content (AvgIpc) is 2.29. The van der Waals surface area contributed by atoms with Gasteiger partial charge in [-0.3, -0.25) is 0 Å². The zero-order chi connectivity index (χ0) is 13.1. The molecule has 0 aliphatic heterocycles. The van der Waals surface area contributed by atoms with Crippen molar-refractivity contribution in [1.29, 1.82) is 0 Å². The molecule has 0 bridgehead atoms. The van der Waals surface area contributed by atoms with Crippen LogP contribution in [0.15, 0.2) is 11.8 Å². The second kappa shape index (κ2) is 9.69. The van der Waals surface area contributed by atoms with Crippen LogP contribution in [0.25, 0.3) is 0 Å². The second-order valence-electron chi connectivity index (χ2n) is 3.54. The Morgan fingerprint density at radius 2 is 1.59 bits per heavy atom. The summed E-state index contributed by atoms with van der Waals surface area (Å²) < 4.78 is 9.45. The highest BCUT2D eigenvalue weighted by Crippen LogP contribution is 1.98. The number of unbranched alkanes of at least 4 members (excludes halogenated alkanes) is 2. The third kappa shape index (κ3) is 8.30. The molecule has 0 aromatic heterocycles. The van der Waals surface area contributed by atoms with Crippen LogP contribution in [0.2, 0.25) is 0 Å². The zero-order valence-corrected chi connectivity index (χ0v) is 10.4. The number of esters is 2. The van der Waals surface area contributed by atoms with Crippen molar-refractivity contribution in [2.24, 2.45) is 0 Å². The maximum atomic E-state index is 11.1. The number of ether oxygens (including phenoxy) is 2. The van der Waals surface area contributed by atoms with E-state index in [9.17, 15) is 14.7 Å². The molecular weight excluding hydrogens is 224 g/mol. The van der Waals surface area contributed by atoms with Gasteiger partial charge >= 0.3 is 11.9 Å². The van der Waals surface area contributed by atoms with Crippen molar-refractivity contribution in [2.45, 2.75) is 39.5 Å². The van der Waals surface area contributed by atoms with Gasteiger partial charge in [-0.05, 0) is 12.8 Å². The smallest absolute Gasteiger partial charge is 0.373 e. The lowest BCUT2D eigenvalue weighted by Gasteiger charge is -2.03. The van der Waals surface area contributed by atoms with E-state index < -0.39 is 17.7 Å². The van der Waals surface area contributed by atoms with Gasteiger partial charge in [0.1, 0.15) is 0 Å². The Labute approximate surface area is 101 Å². The number of carbonyl (C=O) groups is 2. The molecule has 0 atom stereocenters. The Bertz CT molecular complexity index is 270. The molecule has 5 heteroatoms. The summed E-state index contributed by atoms with van der Waals surface area (Å²) in [6.07, 6.45) is 4.00. The standard InChI is InChI=1S/C12H20O5/c1-3-5-7-16-11(14)9-10(13)12(15)17-8-6-4-2/h9,13H,3-8H2,1-2H3. The molecule has 0 spiro atoms. The topological polar surface area (TPSA) is 72.8 Å². The largest absolute Gasteiger partial charge is 0.502 e. The summed E-state index contributed by atoms with van der Waals surface area (Å²) in [5.41, 5.74) is 0. The first-order valence-corrected chi connectivity index (χ1v) is 5.86. The van der Waals surface area contributed by atoms with Gasteiger partial charge in [-0.1, -0.05) is 26.7 Å². The summed E-state index contributed by atoms with van der Waals surface area (Å²) in [6.45, 7) is 4.43. The molecule has 0 saturated carbocycles. The third-order valence-electron chi connectivity index (χ3n) is 1.94. The first-order valence-electron chi connectivity index (χ1n) is 5.86. The molecule has 98 valence electrons. The van der Waals surface area contributed by atoms with Gasteiger partial charge < -0.3 is 14.6 Å².